The number of pyridine rings is 1. The van der Waals surface area contributed by atoms with Gasteiger partial charge in [-0.1, -0.05) is 31.9 Å². The van der Waals surface area contributed by atoms with Gasteiger partial charge in [-0.05, 0) is 49.7 Å². The van der Waals surface area contributed by atoms with Gasteiger partial charge < -0.3 is 14.8 Å². The van der Waals surface area contributed by atoms with Crippen LogP contribution >= 0.6 is 0 Å². The van der Waals surface area contributed by atoms with Gasteiger partial charge in [0.2, 0.25) is 5.91 Å². The van der Waals surface area contributed by atoms with Crippen LogP contribution in [0.3, 0.4) is 0 Å². The van der Waals surface area contributed by atoms with E-state index in [1.807, 2.05) is 29.3 Å². The van der Waals surface area contributed by atoms with Crippen molar-refractivity contribution in [1.29, 1.82) is 0 Å². The van der Waals surface area contributed by atoms with Crippen LogP contribution in [0, 0.1) is 0 Å². The Morgan fingerprint density at radius 1 is 1.06 bits per heavy atom. The third-order valence-corrected chi connectivity index (χ3v) is 6.50. The number of carbonyl (C=O) groups excluding carboxylic acids is 2. The first-order valence-electron chi connectivity index (χ1n) is 12.1. The van der Waals surface area contributed by atoms with Gasteiger partial charge in [0.1, 0.15) is 5.65 Å². The van der Waals surface area contributed by atoms with Crippen molar-refractivity contribution < 1.29 is 9.59 Å². The maximum atomic E-state index is 12.9. The molecule has 6 heteroatoms. The number of hydrogen-bond acceptors (Lipinski definition) is 4. The fourth-order valence-electron chi connectivity index (χ4n) is 4.36. The van der Waals surface area contributed by atoms with Crippen molar-refractivity contribution in [2.24, 2.45) is 0 Å². The average molecular weight is 447 g/mol. The number of piperazine rings is 1. The lowest BCUT2D eigenvalue weighted by atomic mass is 10.0. The number of hydrogen-bond donors (Lipinski definition) is 1. The molecule has 6 nitrogen and oxygen atoms in total. The van der Waals surface area contributed by atoms with Crippen LogP contribution in [0.15, 0.2) is 36.5 Å². The molecule has 0 aliphatic carbocycles. The number of Topliss-reactive ketones (excluding diaryl/α,β-unsaturated/α-hetero) is 1. The molecule has 174 valence electrons. The lowest BCUT2D eigenvalue weighted by Crippen LogP contribution is -2.47. The minimum Gasteiger partial charge on any atom is -0.340 e. The molecule has 1 aromatic carbocycles. The van der Waals surface area contributed by atoms with Crippen LogP contribution in [0.5, 0.6) is 0 Å². The second-order valence-corrected chi connectivity index (χ2v) is 9.06. The van der Waals surface area contributed by atoms with E-state index in [-0.39, 0.29) is 24.5 Å². The van der Waals surface area contributed by atoms with E-state index in [0.29, 0.717) is 5.56 Å². The third-order valence-electron chi connectivity index (χ3n) is 6.50. The topological polar surface area (TPSA) is 69.3 Å². The summed E-state index contributed by atoms with van der Waals surface area (Å²) in [4.78, 5) is 37.4. The normalized spacial score (nSPS) is 15.2. The Bertz CT molecular complexity index is 1160. The standard InChI is InChI=1S/C27H34N4O2/c1-3-4-5-6-7-8-20-17-23-22-18-21(9-10-24(22)29-27(23)28-19-20)25(32)11-12-26(33)31-15-13-30(2)14-16-31/h7-10,17-19H,3-6,11-16H2,1-2H3,(H,28,29)/b8-7+. The molecule has 1 aliphatic heterocycles. The Kier molecular flexibility index (Phi) is 7.55. The minimum absolute atomic E-state index is 0.00802. The maximum absolute atomic E-state index is 12.9. The van der Waals surface area contributed by atoms with Crippen molar-refractivity contribution in [1.82, 2.24) is 19.8 Å². The maximum Gasteiger partial charge on any atom is 0.223 e. The zero-order valence-corrected chi connectivity index (χ0v) is 19.8. The smallest absolute Gasteiger partial charge is 0.223 e. The van der Waals surface area contributed by atoms with Gasteiger partial charge in [-0.15, -0.1) is 0 Å². The molecule has 1 aliphatic rings. The molecule has 0 unspecified atom stereocenters. The first-order valence-corrected chi connectivity index (χ1v) is 12.1. The second-order valence-electron chi connectivity index (χ2n) is 9.06. The van der Waals surface area contributed by atoms with Crippen molar-refractivity contribution in [2.75, 3.05) is 33.2 Å². The minimum atomic E-state index is 0.00802. The molecule has 1 fully saturated rings. The van der Waals surface area contributed by atoms with Gasteiger partial charge in [0.15, 0.2) is 5.78 Å². The lowest BCUT2D eigenvalue weighted by Gasteiger charge is -2.32. The van der Waals surface area contributed by atoms with Crippen LogP contribution in [-0.2, 0) is 4.79 Å². The van der Waals surface area contributed by atoms with Crippen molar-refractivity contribution in [3.05, 3.63) is 47.7 Å². The molecule has 4 rings (SSSR count). The lowest BCUT2D eigenvalue weighted by molar-refractivity contribution is -0.132. The summed E-state index contributed by atoms with van der Waals surface area (Å²) in [5, 5.41) is 2.01. The SMILES string of the molecule is CCCCC/C=C/c1cnc2[nH]c3ccc(C(=O)CCC(=O)N4CCN(C)CC4)cc3c2c1. The van der Waals surface area contributed by atoms with E-state index < -0.39 is 0 Å². The number of fused-ring (bicyclic) bond motifs is 3. The third kappa shape index (κ3) is 5.69. The van der Waals surface area contributed by atoms with E-state index in [4.69, 9.17) is 0 Å². The van der Waals surface area contributed by atoms with Crippen LogP contribution in [0.1, 0.15) is 61.4 Å². The summed E-state index contributed by atoms with van der Waals surface area (Å²) in [5.41, 5.74) is 3.50. The number of aromatic nitrogens is 2. The molecule has 1 saturated heterocycles. The molecular formula is C27H34N4O2. The summed E-state index contributed by atoms with van der Waals surface area (Å²) in [6, 6.07) is 7.84. The van der Waals surface area contributed by atoms with Crippen LogP contribution in [0.4, 0.5) is 0 Å². The molecular weight excluding hydrogens is 412 g/mol. The summed E-state index contributed by atoms with van der Waals surface area (Å²) >= 11 is 0. The number of allylic oxidation sites excluding steroid dienone is 1. The van der Waals surface area contributed by atoms with E-state index in [1.165, 1.54) is 19.3 Å². The Morgan fingerprint density at radius 2 is 1.88 bits per heavy atom. The molecule has 0 bridgehead atoms. The highest BCUT2D eigenvalue weighted by Gasteiger charge is 2.20. The number of aromatic amines is 1. The Labute approximate surface area is 195 Å². The summed E-state index contributed by atoms with van der Waals surface area (Å²) < 4.78 is 0. The van der Waals surface area contributed by atoms with Crippen LogP contribution in [0.25, 0.3) is 28.0 Å². The number of rotatable bonds is 9. The molecule has 0 saturated carbocycles. The largest absolute Gasteiger partial charge is 0.340 e. The molecule has 33 heavy (non-hydrogen) atoms. The molecule has 3 aromatic rings. The van der Waals surface area contributed by atoms with Gasteiger partial charge in [0.25, 0.3) is 0 Å². The number of nitrogens with one attached hydrogen (secondary N) is 1. The van der Waals surface area contributed by atoms with E-state index in [0.717, 1.165) is 60.1 Å². The van der Waals surface area contributed by atoms with Gasteiger partial charge in [-0.2, -0.15) is 0 Å². The first kappa shape index (κ1) is 23.2. The number of ketones is 1. The quantitative estimate of drug-likeness (QED) is 0.369. The summed E-state index contributed by atoms with van der Waals surface area (Å²) in [7, 11) is 2.06. The number of amides is 1. The molecule has 0 atom stereocenters. The van der Waals surface area contributed by atoms with E-state index in [9.17, 15) is 9.59 Å². The van der Waals surface area contributed by atoms with Gasteiger partial charge in [0, 0.05) is 67.1 Å². The highest BCUT2D eigenvalue weighted by molar-refractivity contribution is 6.10. The summed E-state index contributed by atoms with van der Waals surface area (Å²) in [6.07, 6.45) is 11.5. The van der Waals surface area contributed by atoms with Crippen molar-refractivity contribution in [3.63, 3.8) is 0 Å². The van der Waals surface area contributed by atoms with Gasteiger partial charge in [0.05, 0.1) is 0 Å². The van der Waals surface area contributed by atoms with Crippen molar-refractivity contribution in [3.8, 4) is 0 Å². The highest BCUT2D eigenvalue weighted by atomic mass is 16.2. The molecule has 2 aromatic heterocycles. The Balaban J connectivity index is 1.45. The molecule has 1 N–H and O–H groups in total. The summed E-state index contributed by atoms with van der Waals surface area (Å²) in [6.45, 7) is 5.48. The number of nitrogens with zero attached hydrogens (tertiary/aromatic N) is 3. The Morgan fingerprint density at radius 3 is 2.67 bits per heavy atom. The number of unbranched alkanes of at least 4 members (excludes halogenated alkanes) is 3. The molecule has 0 spiro atoms. The van der Waals surface area contributed by atoms with Gasteiger partial charge in [-0.25, -0.2) is 4.98 Å². The second kappa shape index (κ2) is 10.8. The molecule has 3 heterocycles. The fraction of sp³-hybridized carbons (Fsp3) is 0.444. The van der Waals surface area contributed by atoms with E-state index in [2.05, 4.69) is 47.1 Å². The predicted molar refractivity (Wildman–Crippen MR) is 134 cm³/mol. The monoisotopic (exact) mass is 446 g/mol. The number of likely N-dealkylation sites (N-methyl/N-ethyl adjacent to an activating group) is 1. The van der Waals surface area contributed by atoms with E-state index in [1.54, 1.807) is 0 Å². The van der Waals surface area contributed by atoms with E-state index >= 15 is 0 Å². The molecule has 0 radical (unpaired) electrons. The molecule has 1 amide bonds. The highest BCUT2D eigenvalue weighted by Crippen LogP contribution is 2.27. The average Bonchev–Trinajstić information content (AvgIpc) is 3.20. The number of carbonyl (C=O) groups is 2. The van der Waals surface area contributed by atoms with Gasteiger partial charge in [-0.3, -0.25) is 9.59 Å². The zero-order chi connectivity index (χ0) is 23.2. The first-order chi connectivity index (χ1) is 16.0. The number of benzene rings is 1. The number of H-pyrrole nitrogens is 1. The van der Waals surface area contributed by atoms with Gasteiger partial charge >= 0.3 is 0 Å². The van der Waals surface area contributed by atoms with Crippen LogP contribution in [0.2, 0.25) is 0 Å². The van der Waals surface area contributed by atoms with Crippen molar-refractivity contribution >= 4 is 39.7 Å². The summed E-state index contributed by atoms with van der Waals surface area (Å²) in [5.74, 6) is 0.0813. The van der Waals surface area contributed by atoms with Crippen LogP contribution < -0.4 is 0 Å². The van der Waals surface area contributed by atoms with Crippen LogP contribution in [-0.4, -0.2) is 64.7 Å². The van der Waals surface area contributed by atoms with Crippen molar-refractivity contribution in [2.45, 2.75) is 45.4 Å². The fourth-order valence-corrected chi connectivity index (χ4v) is 4.36. The Hall–Kier alpha value is -2.99. The predicted octanol–water partition coefficient (Wildman–Crippen LogP) is 5.05. The zero-order valence-electron chi connectivity index (χ0n) is 19.8.